The largest absolute Gasteiger partial charge is 0.355 e. The van der Waals surface area contributed by atoms with Crippen molar-refractivity contribution in [2.45, 2.75) is 17.7 Å². The fourth-order valence-corrected chi connectivity index (χ4v) is 4.22. The van der Waals surface area contributed by atoms with E-state index in [4.69, 9.17) is 0 Å². The van der Waals surface area contributed by atoms with Gasteiger partial charge in [0.05, 0.1) is 5.69 Å². The number of nitrogens with one attached hydrogen (secondary N) is 2. The Bertz CT molecular complexity index is 900. The number of halogens is 1. The number of carbonyl (C=O) groups excluding carboxylic acids is 1. The summed E-state index contributed by atoms with van der Waals surface area (Å²) in [5.74, 6) is 1.35. The van der Waals surface area contributed by atoms with Crippen LogP contribution in [0.15, 0.2) is 57.9 Å². The molecule has 0 atom stereocenters. The van der Waals surface area contributed by atoms with Gasteiger partial charge in [-0.25, -0.2) is 0 Å². The predicted molar refractivity (Wildman–Crippen MR) is 108 cm³/mol. The Morgan fingerprint density at radius 1 is 1.16 bits per heavy atom. The highest BCUT2D eigenvalue weighted by molar-refractivity contribution is 9.10. The number of amides is 1. The van der Waals surface area contributed by atoms with Crippen LogP contribution in [0.3, 0.4) is 0 Å². The molecule has 0 radical (unpaired) electrons. The van der Waals surface area contributed by atoms with Crippen LogP contribution in [0.25, 0.3) is 22.2 Å². The van der Waals surface area contributed by atoms with Gasteiger partial charge in [0.2, 0.25) is 5.91 Å². The Hall–Kier alpha value is -1.72. The number of aromatic amines is 1. The van der Waals surface area contributed by atoms with Crippen molar-refractivity contribution in [3.05, 3.63) is 53.0 Å². The van der Waals surface area contributed by atoms with Gasteiger partial charge in [-0.1, -0.05) is 46.3 Å². The molecule has 1 aromatic heterocycles. The van der Waals surface area contributed by atoms with E-state index in [1.807, 2.05) is 0 Å². The van der Waals surface area contributed by atoms with Gasteiger partial charge in [-0.15, -0.1) is 11.8 Å². The van der Waals surface area contributed by atoms with Crippen LogP contribution >= 0.6 is 27.7 Å². The lowest BCUT2D eigenvalue weighted by Gasteiger charge is -2.07. The second kappa shape index (κ2) is 7.26. The van der Waals surface area contributed by atoms with Crippen molar-refractivity contribution in [1.29, 1.82) is 0 Å². The van der Waals surface area contributed by atoms with Crippen LogP contribution in [0.4, 0.5) is 0 Å². The molecule has 3 nitrogen and oxygen atoms in total. The van der Waals surface area contributed by atoms with Gasteiger partial charge in [-0.2, -0.15) is 0 Å². The molecular formula is C20H19BrN2OS. The number of H-pyrrole nitrogens is 1. The van der Waals surface area contributed by atoms with Crippen LogP contribution < -0.4 is 5.32 Å². The molecule has 0 aliphatic heterocycles. The maximum Gasteiger partial charge on any atom is 0.223 e. The molecule has 2 N–H and O–H groups in total. The number of rotatable bonds is 6. The van der Waals surface area contributed by atoms with E-state index in [-0.39, 0.29) is 11.8 Å². The average molecular weight is 415 g/mol. The molecule has 128 valence electrons. The third-order valence-electron chi connectivity index (χ3n) is 4.39. The quantitative estimate of drug-likeness (QED) is 0.429. The molecule has 25 heavy (non-hydrogen) atoms. The van der Waals surface area contributed by atoms with E-state index < -0.39 is 0 Å². The second-order valence-electron chi connectivity index (χ2n) is 6.30. The number of para-hydroxylation sites is 1. The van der Waals surface area contributed by atoms with Crippen LogP contribution in [0.1, 0.15) is 12.8 Å². The van der Waals surface area contributed by atoms with Crippen LogP contribution in [-0.2, 0) is 4.79 Å². The van der Waals surface area contributed by atoms with E-state index in [1.54, 1.807) is 11.8 Å². The van der Waals surface area contributed by atoms with E-state index in [9.17, 15) is 4.79 Å². The molecule has 1 heterocycles. The molecule has 1 amide bonds. The van der Waals surface area contributed by atoms with Crippen LogP contribution in [0.2, 0.25) is 0 Å². The van der Waals surface area contributed by atoms with Gasteiger partial charge in [0, 0.05) is 38.5 Å². The Morgan fingerprint density at radius 2 is 1.92 bits per heavy atom. The molecular weight excluding hydrogens is 396 g/mol. The lowest BCUT2D eigenvalue weighted by atomic mass is 10.1. The Kier molecular flexibility index (Phi) is 4.86. The van der Waals surface area contributed by atoms with Gasteiger partial charge >= 0.3 is 0 Å². The van der Waals surface area contributed by atoms with E-state index in [2.05, 4.69) is 74.8 Å². The van der Waals surface area contributed by atoms with Gasteiger partial charge in [0.15, 0.2) is 0 Å². The zero-order chi connectivity index (χ0) is 17.2. The lowest BCUT2D eigenvalue weighted by Crippen LogP contribution is -2.26. The number of hydrogen-bond acceptors (Lipinski definition) is 2. The molecule has 0 unspecified atom stereocenters. The van der Waals surface area contributed by atoms with Crippen molar-refractivity contribution in [3.8, 4) is 11.3 Å². The van der Waals surface area contributed by atoms with Crippen molar-refractivity contribution in [2.75, 3.05) is 12.3 Å². The first-order chi connectivity index (χ1) is 12.2. The summed E-state index contributed by atoms with van der Waals surface area (Å²) < 4.78 is 1.07. The third kappa shape index (κ3) is 3.77. The van der Waals surface area contributed by atoms with E-state index >= 15 is 0 Å². The molecule has 5 heteroatoms. The smallest absolute Gasteiger partial charge is 0.223 e. The predicted octanol–water partition coefficient (Wildman–Crippen LogP) is 5.22. The van der Waals surface area contributed by atoms with Crippen molar-refractivity contribution in [2.24, 2.45) is 5.92 Å². The van der Waals surface area contributed by atoms with Crippen molar-refractivity contribution >= 4 is 44.5 Å². The fourth-order valence-electron chi connectivity index (χ4n) is 2.90. The minimum Gasteiger partial charge on any atom is -0.355 e. The SMILES string of the molecule is O=C(NCCSc1c(-c2ccc(Br)cc2)[nH]c2ccccc12)C1CC1. The number of carbonyl (C=O) groups is 1. The molecule has 3 aromatic rings. The zero-order valence-electron chi connectivity index (χ0n) is 13.7. The highest BCUT2D eigenvalue weighted by Gasteiger charge is 2.29. The Balaban J connectivity index is 1.56. The Morgan fingerprint density at radius 3 is 2.68 bits per heavy atom. The van der Waals surface area contributed by atoms with E-state index in [0.717, 1.165) is 34.3 Å². The summed E-state index contributed by atoms with van der Waals surface area (Å²) in [7, 11) is 0. The van der Waals surface area contributed by atoms with Crippen molar-refractivity contribution < 1.29 is 4.79 Å². The first-order valence-corrected chi connectivity index (χ1v) is 10.3. The Labute approximate surface area is 159 Å². The number of benzene rings is 2. The fraction of sp³-hybridized carbons (Fsp3) is 0.250. The maximum absolute atomic E-state index is 11.8. The van der Waals surface area contributed by atoms with Crippen LogP contribution in [0, 0.1) is 5.92 Å². The standard InChI is InChI=1S/C20H19BrN2OS/c21-15-9-7-13(8-10-15)18-19(16-3-1-2-4-17(16)23-18)25-12-11-22-20(24)14-5-6-14/h1-4,7-10,14,23H,5-6,11-12H2,(H,22,24). The summed E-state index contributed by atoms with van der Waals surface area (Å²) in [5, 5.41) is 4.28. The summed E-state index contributed by atoms with van der Waals surface area (Å²) in [6.45, 7) is 0.708. The molecule has 0 bridgehead atoms. The first kappa shape index (κ1) is 16.7. The molecule has 1 aliphatic carbocycles. The molecule has 1 saturated carbocycles. The molecule has 2 aromatic carbocycles. The summed E-state index contributed by atoms with van der Waals surface area (Å²) in [5.41, 5.74) is 3.46. The molecule has 0 spiro atoms. The highest BCUT2D eigenvalue weighted by Crippen LogP contribution is 2.38. The number of aromatic nitrogens is 1. The minimum atomic E-state index is 0.215. The minimum absolute atomic E-state index is 0.215. The van der Waals surface area contributed by atoms with E-state index in [0.29, 0.717) is 6.54 Å². The van der Waals surface area contributed by atoms with Crippen molar-refractivity contribution in [1.82, 2.24) is 10.3 Å². The summed E-state index contributed by atoms with van der Waals surface area (Å²) in [6.07, 6.45) is 2.10. The maximum atomic E-state index is 11.8. The average Bonchev–Trinajstić information content (AvgIpc) is 3.41. The monoisotopic (exact) mass is 414 g/mol. The van der Waals surface area contributed by atoms with E-state index in [1.165, 1.54) is 15.8 Å². The highest BCUT2D eigenvalue weighted by atomic mass is 79.9. The van der Waals surface area contributed by atoms with Gasteiger partial charge in [-0.3, -0.25) is 4.79 Å². The molecule has 1 fully saturated rings. The normalized spacial score (nSPS) is 14.0. The lowest BCUT2D eigenvalue weighted by molar-refractivity contribution is -0.122. The molecule has 1 aliphatic rings. The zero-order valence-corrected chi connectivity index (χ0v) is 16.1. The number of thioether (sulfide) groups is 1. The number of fused-ring (bicyclic) bond motifs is 1. The summed E-state index contributed by atoms with van der Waals surface area (Å²) in [6, 6.07) is 16.7. The summed E-state index contributed by atoms with van der Waals surface area (Å²) in [4.78, 5) is 16.6. The van der Waals surface area contributed by atoms with Gasteiger partial charge in [0.25, 0.3) is 0 Å². The van der Waals surface area contributed by atoms with Gasteiger partial charge in [0.1, 0.15) is 0 Å². The second-order valence-corrected chi connectivity index (χ2v) is 8.32. The first-order valence-electron chi connectivity index (χ1n) is 8.49. The number of hydrogen-bond donors (Lipinski definition) is 2. The summed E-state index contributed by atoms with van der Waals surface area (Å²) >= 11 is 5.30. The van der Waals surface area contributed by atoms with Crippen LogP contribution in [-0.4, -0.2) is 23.2 Å². The molecule has 0 saturated heterocycles. The molecule has 4 rings (SSSR count). The van der Waals surface area contributed by atoms with Crippen molar-refractivity contribution in [3.63, 3.8) is 0 Å². The topological polar surface area (TPSA) is 44.9 Å². The third-order valence-corrected chi connectivity index (χ3v) is 6.04. The van der Waals surface area contributed by atoms with Gasteiger partial charge < -0.3 is 10.3 Å². The van der Waals surface area contributed by atoms with Crippen LogP contribution in [0.5, 0.6) is 0 Å². The van der Waals surface area contributed by atoms with Gasteiger partial charge in [-0.05, 0) is 36.6 Å².